The molecule has 0 aromatic carbocycles. The van der Waals surface area contributed by atoms with Gasteiger partial charge in [0, 0.05) is 0 Å². The van der Waals surface area contributed by atoms with Crippen molar-refractivity contribution >= 4 is 15.8 Å². The van der Waals surface area contributed by atoms with Gasteiger partial charge in [-0.1, -0.05) is 6.58 Å². The van der Waals surface area contributed by atoms with Crippen LogP contribution in [-0.2, 0) is 15.0 Å². The maximum Gasteiger partial charge on any atom is 0.249 e. The van der Waals surface area contributed by atoms with Gasteiger partial charge in [0.25, 0.3) is 0 Å². The molecule has 0 fully saturated rings. The molecule has 0 bridgehead atoms. The first-order valence-electron chi connectivity index (χ1n) is 1.45. The minimum atomic E-state index is -2.23. The molecule has 0 aliphatic heterocycles. The number of hydrogen-bond acceptors (Lipinski definition) is 3. The van der Waals surface area contributed by atoms with Gasteiger partial charge in [-0.2, -0.15) is 8.42 Å². The molecule has 40 valence electrons. The predicted molar refractivity (Wildman–Crippen MR) is 26.3 cm³/mol. The monoisotopic (exact) mass is 120 g/mol. The third-order valence-corrected chi connectivity index (χ3v) is 0.499. The fourth-order valence-corrected chi connectivity index (χ4v) is 0.254. The van der Waals surface area contributed by atoms with E-state index in [1.54, 1.807) is 0 Å². The highest BCUT2D eigenvalue weighted by Crippen LogP contribution is 1.58. The molecule has 0 amide bonds. The average molecular weight is 120 g/mol. The van der Waals surface area contributed by atoms with E-state index >= 15 is 0 Å². The largest absolute Gasteiger partial charge is 0.457 e. The van der Waals surface area contributed by atoms with Crippen LogP contribution in [0.5, 0.6) is 0 Å². The second kappa shape index (κ2) is 3.42. The van der Waals surface area contributed by atoms with Crippen molar-refractivity contribution in [3.63, 3.8) is 0 Å². The SMILES string of the molecule is C=COC=S(=O)=O. The number of hydrogen-bond donors (Lipinski definition) is 0. The summed E-state index contributed by atoms with van der Waals surface area (Å²) in [6.45, 7) is 3.11. The lowest BCUT2D eigenvalue weighted by atomic mass is 11.2. The topological polar surface area (TPSA) is 43.4 Å². The summed E-state index contributed by atoms with van der Waals surface area (Å²) in [5, 5.41) is 0. The molecule has 0 atom stereocenters. The van der Waals surface area contributed by atoms with Gasteiger partial charge in [0.1, 0.15) is 0 Å². The molecule has 0 radical (unpaired) electrons. The zero-order chi connectivity index (χ0) is 5.70. The zero-order valence-electron chi connectivity index (χ0n) is 3.49. The molecule has 0 rings (SSSR count). The van der Waals surface area contributed by atoms with Crippen LogP contribution in [0.1, 0.15) is 0 Å². The van der Waals surface area contributed by atoms with Crippen LogP contribution in [-0.4, -0.2) is 14.0 Å². The summed E-state index contributed by atoms with van der Waals surface area (Å²) in [6.07, 6.45) is 1.02. The van der Waals surface area contributed by atoms with Crippen molar-refractivity contribution in [1.29, 1.82) is 0 Å². The summed E-state index contributed by atoms with van der Waals surface area (Å²) >= 11 is 0. The quantitative estimate of drug-likeness (QED) is 0.374. The number of rotatable bonds is 2. The van der Waals surface area contributed by atoms with Crippen LogP contribution < -0.4 is 0 Å². The highest BCUT2D eigenvalue weighted by atomic mass is 32.2. The van der Waals surface area contributed by atoms with Crippen molar-refractivity contribution in [2.24, 2.45) is 0 Å². The molecule has 0 aromatic heterocycles. The summed E-state index contributed by atoms with van der Waals surface area (Å²) in [6, 6.07) is 0. The van der Waals surface area contributed by atoms with Crippen LogP contribution in [0.25, 0.3) is 0 Å². The third kappa shape index (κ3) is 5.23. The van der Waals surface area contributed by atoms with E-state index in [1.165, 1.54) is 0 Å². The lowest BCUT2D eigenvalue weighted by molar-refractivity contribution is 0.503. The van der Waals surface area contributed by atoms with Gasteiger partial charge in [-0.05, 0) is 0 Å². The van der Waals surface area contributed by atoms with E-state index in [9.17, 15) is 8.42 Å². The third-order valence-electron chi connectivity index (χ3n) is 0.230. The van der Waals surface area contributed by atoms with E-state index in [2.05, 4.69) is 11.3 Å². The van der Waals surface area contributed by atoms with E-state index in [-0.39, 0.29) is 0 Å². The van der Waals surface area contributed by atoms with Crippen molar-refractivity contribution in [2.75, 3.05) is 0 Å². The Balaban J connectivity index is 3.71. The van der Waals surface area contributed by atoms with Gasteiger partial charge in [0.05, 0.1) is 6.26 Å². The van der Waals surface area contributed by atoms with Gasteiger partial charge in [0.2, 0.25) is 15.8 Å². The predicted octanol–water partition coefficient (Wildman–Crippen LogP) is -0.215. The fourth-order valence-electron chi connectivity index (χ4n) is 0.0846. The normalized spacial score (nSPS) is 6.86. The molecule has 0 unspecified atom stereocenters. The molecule has 0 saturated carbocycles. The molecule has 0 heterocycles. The molecule has 0 N–H and O–H groups in total. The first kappa shape index (κ1) is 6.23. The van der Waals surface area contributed by atoms with Crippen molar-refractivity contribution in [1.82, 2.24) is 0 Å². The minimum Gasteiger partial charge on any atom is -0.457 e. The highest BCUT2D eigenvalue weighted by Gasteiger charge is 1.62. The molecule has 4 heteroatoms. The molecule has 0 spiro atoms. The molecule has 0 saturated heterocycles. The lowest BCUT2D eigenvalue weighted by Crippen LogP contribution is -1.73. The summed E-state index contributed by atoms with van der Waals surface area (Å²) < 4.78 is 23.2. The van der Waals surface area contributed by atoms with Crippen molar-refractivity contribution in [2.45, 2.75) is 0 Å². The molecular weight excluding hydrogens is 116 g/mol. The van der Waals surface area contributed by atoms with Gasteiger partial charge in [0.15, 0.2) is 0 Å². The molecule has 7 heavy (non-hydrogen) atoms. The van der Waals surface area contributed by atoms with Gasteiger partial charge >= 0.3 is 0 Å². The summed E-state index contributed by atoms with van der Waals surface area (Å²) in [4.78, 5) is 0. The Labute approximate surface area is 42.8 Å². The summed E-state index contributed by atoms with van der Waals surface area (Å²) in [5.41, 5.74) is 0.646. The molecule has 0 aliphatic rings. The Hall–Kier alpha value is -0.770. The van der Waals surface area contributed by atoms with Gasteiger partial charge in [-0.25, -0.2) is 0 Å². The second-order valence-electron chi connectivity index (χ2n) is 0.659. The Kier molecular flexibility index (Phi) is 3.04. The standard InChI is InChI=1S/C3H4O3S/c1-2-6-3-7(4)5/h2-3H,1H2. The van der Waals surface area contributed by atoms with E-state index in [0.29, 0.717) is 5.55 Å². The Morgan fingerprint density at radius 2 is 2.14 bits per heavy atom. The van der Waals surface area contributed by atoms with Crippen molar-refractivity contribution < 1.29 is 13.2 Å². The van der Waals surface area contributed by atoms with Crippen LogP contribution >= 0.6 is 0 Å². The Morgan fingerprint density at radius 3 is 2.29 bits per heavy atom. The molecular formula is C3H4O3S. The van der Waals surface area contributed by atoms with Gasteiger partial charge < -0.3 is 4.74 Å². The van der Waals surface area contributed by atoms with Crippen LogP contribution in [0, 0.1) is 0 Å². The van der Waals surface area contributed by atoms with Crippen molar-refractivity contribution in [3.05, 3.63) is 12.8 Å². The summed E-state index contributed by atoms with van der Waals surface area (Å²) in [7, 11) is -2.23. The molecule has 0 aromatic rings. The molecule has 0 aliphatic carbocycles. The second-order valence-corrected chi connectivity index (χ2v) is 1.37. The van der Waals surface area contributed by atoms with Gasteiger partial charge in [-0.15, -0.1) is 0 Å². The van der Waals surface area contributed by atoms with Crippen molar-refractivity contribution in [3.8, 4) is 0 Å². The van der Waals surface area contributed by atoms with E-state index in [1.807, 2.05) is 0 Å². The van der Waals surface area contributed by atoms with Gasteiger partial charge in [-0.3, -0.25) is 0 Å². The minimum absolute atomic E-state index is 0.646. The first-order chi connectivity index (χ1) is 3.27. The molecule has 3 nitrogen and oxygen atoms in total. The average Bonchev–Trinajstić information content (AvgIpc) is 1.61. The lowest BCUT2D eigenvalue weighted by Gasteiger charge is -1.74. The van der Waals surface area contributed by atoms with Crippen LogP contribution in [0.2, 0.25) is 0 Å². The Bertz CT molecular complexity index is 157. The number of ether oxygens (including phenoxy) is 1. The maximum absolute atomic E-state index is 9.53. The fraction of sp³-hybridized carbons (Fsp3) is 0. The highest BCUT2D eigenvalue weighted by molar-refractivity contribution is 7.71. The van der Waals surface area contributed by atoms with E-state index in [4.69, 9.17) is 0 Å². The van der Waals surface area contributed by atoms with Crippen LogP contribution in [0.15, 0.2) is 12.8 Å². The zero-order valence-corrected chi connectivity index (χ0v) is 4.31. The van der Waals surface area contributed by atoms with E-state index < -0.39 is 10.3 Å². The van der Waals surface area contributed by atoms with E-state index in [0.717, 1.165) is 6.26 Å². The van der Waals surface area contributed by atoms with Crippen LogP contribution in [0.3, 0.4) is 0 Å². The van der Waals surface area contributed by atoms with Crippen LogP contribution in [0.4, 0.5) is 0 Å². The summed E-state index contributed by atoms with van der Waals surface area (Å²) in [5.74, 6) is 0. The first-order valence-corrected chi connectivity index (χ1v) is 2.59. The maximum atomic E-state index is 9.53. The Morgan fingerprint density at radius 1 is 1.57 bits per heavy atom. The smallest absolute Gasteiger partial charge is 0.249 e.